The van der Waals surface area contributed by atoms with Crippen LogP contribution in [0.5, 0.6) is 5.75 Å². The number of benzene rings is 1. The van der Waals surface area contributed by atoms with Crippen molar-refractivity contribution in [3.63, 3.8) is 0 Å². The number of nitrogens with zero attached hydrogens (tertiary/aromatic N) is 3. The van der Waals surface area contributed by atoms with Crippen LogP contribution in [0.3, 0.4) is 0 Å². The van der Waals surface area contributed by atoms with Gasteiger partial charge >= 0.3 is 0 Å². The van der Waals surface area contributed by atoms with Crippen LogP contribution in [0.25, 0.3) is 0 Å². The van der Waals surface area contributed by atoms with Crippen molar-refractivity contribution in [1.29, 1.82) is 5.26 Å². The number of hydrogen-bond acceptors (Lipinski definition) is 5. The smallest absolute Gasteiger partial charge is 0.235 e. The molecule has 1 aliphatic carbocycles. The molecule has 1 heterocycles. The van der Waals surface area contributed by atoms with Crippen molar-refractivity contribution in [2.24, 2.45) is 23.5 Å². The molecule has 29 heavy (non-hydrogen) atoms. The Morgan fingerprint density at radius 3 is 2.59 bits per heavy atom. The normalized spacial score (nSPS) is 23.9. The van der Waals surface area contributed by atoms with E-state index in [1.807, 2.05) is 13.0 Å². The predicted molar refractivity (Wildman–Crippen MR) is 115 cm³/mol. The number of ether oxygens (including phenoxy) is 1. The van der Waals surface area contributed by atoms with Crippen LogP contribution in [0, 0.1) is 29.1 Å². The van der Waals surface area contributed by atoms with Gasteiger partial charge in [0, 0.05) is 37.9 Å². The Kier molecular flexibility index (Phi) is 7.76. The highest BCUT2D eigenvalue weighted by atomic mass is 16.5. The van der Waals surface area contributed by atoms with Gasteiger partial charge in [-0.2, -0.15) is 5.26 Å². The first-order valence-corrected chi connectivity index (χ1v) is 11.0. The summed E-state index contributed by atoms with van der Waals surface area (Å²) in [5, 5.41) is 9.17. The molecule has 6 nitrogen and oxygen atoms in total. The molecule has 0 radical (unpaired) electrons. The molecule has 1 atom stereocenters. The highest BCUT2D eigenvalue weighted by Crippen LogP contribution is 2.35. The van der Waals surface area contributed by atoms with E-state index in [4.69, 9.17) is 15.7 Å². The van der Waals surface area contributed by atoms with E-state index in [2.05, 4.69) is 34.1 Å². The zero-order valence-electron chi connectivity index (χ0n) is 17.6. The second-order valence-corrected chi connectivity index (χ2v) is 8.34. The molecular weight excluding hydrogens is 364 g/mol. The van der Waals surface area contributed by atoms with E-state index in [-0.39, 0.29) is 5.92 Å². The second-order valence-electron chi connectivity index (χ2n) is 8.34. The molecule has 0 aromatic heterocycles. The highest BCUT2D eigenvalue weighted by molar-refractivity contribution is 5.79. The zero-order valence-corrected chi connectivity index (χ0v) is 17.6. The summed E-state index contributed by atoms with van der Waals surface area (Å²) in [6, 6.07) is 10.5. The monoisotopic (exact) mass is 398 g/mol. The Labute approximate surface area is 174 Å². The lowest BCUT2D eigenvalue weighted by Crippen LogP contribution is -2.47. The van der Waals surface area contributed by atoms with Gasteiger partial charge in [-0.05, 0) is 56.7 Å². The first kappa shape index (κ1) is 21.4. The van der Waals surface area contributed by atoms with Crippen LogP contribution in [0.1, 0.15) is 39.0 Å². The Hall–Kier alpha value is -2.26. The second kappa shape index (κ2) is 10.5. The van der Waals surface area contributed by atoms with E-state index in [9.17, 15) is 4.79 Å². The molecule has 158 valence electrons. The molecule has 2 aliphatic rings. The van der Waals surface area contributed by atoms with E-state index in [1.165, 1.54) is 12.1 Å². The van der Waals surface area contributed by atoms with Gasteiger partial charge in [0.1, 0.15) is 11.7 Å². The van der Waals surface area contributed by atoms with Crippen molar-refractivity contribution >= 4 is 11.6 Å². The Morgan fingerprint density at radius 1 is 1.24 bits per heavy atom. The van der Waals surface area contributed by atoms with Crippen LogP contribution in [0.4, 0.5) is 5.69 Å². The number of carbonyl (C=O) groups is 1. The first-order chi connectivity index (χ1) is 14.1. The number of hydrogen-bond donors (Lipinski definition) is 1. The highest BCUT2D eigenvalue weighted by Gasteiger charge is 2.31. The molecule has 1 aliphatic heterocycles. The topological polar surface area (TPSA) is 82.6 Å². The zero-order chi connectivity index (χ0) is 20.6. The molecule has 1 saturated heterocycles. The molecule has 2 fully saturated rings. The number of primary amides is 1. The number of rotatable bonds is 8. The van der Waals surface area contributed by atoms with Crippen LogP contribution in [0.2, 0.25) is 0 Å². The molecule has 1 saturated carbocycles. The van der Waals surface area contributed by atoms with Gasteiger partial charge in [0.05, 0.1) is 12.7 Å². The van der Waals surface area contributed by atoms with E-state index in [1.54, 1.807) is 0 Å². The summed E-state index contributed by atoms with van der Waals surface area (Å²) >= 11 is 0. The standard InChI is InChI=1S/C23H34N4O2/c1-2-29-21-5-3-4-20(16-21)27-14-12-26(13-15-27)11-10-18-6-8-19(9-7-18)22(17-24)23(25)28/h3-5,16,18-19,22H,2,6-15H2,1H3,(H2,25,28). The molecule has 0 bridgehead atoms. The average molecular weight is 399 g/mol. The van der Waals surface area contributed by atoms with Crippen LogP contribution < -0.4 is 15.4 Å². The van der Waals surface area contributed by atoms with Gasteiger partial charge in [-0.25, -0.2) is 0 Å². The SMILES string of the molecule is CCOc1cccc(N2CCN(CCC3CCC(C(C#N)C(N)=O)CC3)CC2)c1. The Morgan fingerprint density at radius 2 is 1.97 bits per heavy atom. The number of nitrogens with two attached hydrogens (primary N) is 1. The fourth-order valence-electron chi connectivity index (χ4n) is 4.74. The molecule has 1 amide bonds. The van der Waals surface area contributed by atoms with Gasteiger partial charge in [0.2, 0.25) is 5.91 Å². The van der Waals surface area contributed by atoms with Crippen molar-refractivity contribution in [2.45, 2.75) is 39.0 Å². The number of carbonyl (C=O) groups excluding carboxylic acids is 1. The molecule has 2 N–H and O–H groups in total. The van der Waals surface area contributed by atoms with E-state index in [0.717, 1.165) is 64.2 Å². The number of amides is 1. The maximum absolute atomic E-state index is 11.4. The lowest BCUT2D eigenvalue weighted by atomic mass is 9.75. The third-order valence-corrected chi connectivity index (χ3v) is 6.53. The number of nitriles is 1. The van der Waals surface area contributed by atoms with Crippen molar-refractivity contribution in [1.82, 2.24) is 4.90 Å². The minimum Gasteiger partial charge on any atom is -0.494 e. The van der Waals surface area contributed by atoms with Crippen molar-refractivity contribution < 1.29 is 9.53 Å². The molecule has 1 aromatic carbocycles. The number of piperazine rings is 1. The minimum absolute atomic E-state index is 0.157. The van der Waals surface area contributed by atoms with Gasteiger partial charge in [-0.3, -0.25) is 9.69 Å². The maximum Gasteiger partial charge on any atom is 0.235 e. The van der Waals surface area contributed by atoms with E-state index >= 15 is 0 Å². The quantitative estimate of drug-likeness (QED) is 0.728. The summed E-state index contributed by atoms with van der Waals surface area (Å²) in [5.41, 5.74) is 6.61. The first-order valence-electron chi connectivity index (χ1n) is 11.0. The molecular formula is C23H34N4O2. The summed E-state index contributed by atoms with van der Waals surface area (Å²) in [5.74, 6) is 0.744. The third kappa shape index (κ3) is 5.86. The lowest BCUT2D eigenvalue weighted by Gasteiger charge is -2.37. The lowest BCUT2D eigenvalue weighted by molar-refractivity contribution is -0.122. The van der Waals surface area contributed by atoms with Gasteiger partial charge < -0.3 is 15.4 Å². The van der Waals surface area contributed by atoms with Crippen molar-refractivity contribution in [2.75, 3.05) is 44.2 Å². The predicted octanol–water partition coefficient (Wildman–Crippen LogP) is 3.03. The van der Waals surface area contributed by atoms with E-state index in [0.29, 0.717) is 12.5 Å². The largest absolute Gasteiger partial charge is 0.494 e. The van der Waals surface area contributed by atoms with Crippen molar-refractivity contribution in [3.05, 3.63) is 24.3 Å². The van der Waals surface area contributed by atoms with Gasteiger partial charge in [-0.1, -0.05) is 18.9 Å². The fraction of sp³-hybridized carbons (Fsp3) is 0.652. The van der Waals surface area contributed by atoms with Gasteiger partial charge in [-0.15, -0.1) is 0 Å². The summed E-state index contributed by atoms with van der Waals surface area (Å²) in [6.07, 6.45) is 5.34. The Balaban J connectivity index is 1.38. The maximum atomic E-state index is 11.4. The average Bonchev–Trinajstić information content (AvgIpc) is 2.74. The van der Waals surface area contributed by atoms with Crippen LogP contribution in [-0.2, 0) is 4.79 Å². The molecule has 1 unspecified atom stereocenters. The summed E-state index contributed by atoms with van der Waals surface area (Å²) in [6.45, 7) is 8.12. The van der Waals surface area contributed by atoms with Crippen LogP contribution >= 0.6 is 0 Å². The molecule has 1 aromatic rings. The molecule has 3 rings (SSSR count). The summed E-state index contributed by atoms with van der Waals surface area (Å²) in [4.78, 5) is 16.4. The van der Waals surface area contributed by atoms with Gasteiger partial charge in [0.15, 0.2) is 0 Å². The van der Waals surface area contributed by atoms with Crippen molar-refractivity contribution in [3.8, 4) is 11.8 Å². The Bertz CT molecular complexity index is 701. The third-order valence-electron chi connectivity index (χ3n) is 6.53. The minimum atomic E-state index is -0.606. The number of anilines is 1. The van der Waals surface area contributed by atoms with Gasteiger partial charge in [0.25, 0.3) is 0 Å². The van der Waals surface area contributed by atoms with Crippen LogP contribution in [0.15, 0.2) is 24.3 Å². The molecule has 0 spiro atoms. The van der Waals surface area contributed by atoms with Crippen LogP contribution in [-0.4, -0.2) is 50.1 Å². The summed E-state index contributed by atoms with van der Waals surface area (Å²) < 4.78 is 5.63. The molecule has 6 heteroatoms. The summed E-state index contributed by atoms with van der Waals surface area (Å²) in [7, 11) is 0. The van der Waals surface area contributed by atoms with E-state index < -0.39 is 11.8 Å². The fourth-order valence-corrected chi connectivity index (χ4v) is 4.74.